The molecular weight excluding hydrogens is 236 g/mol. The number of hydrogen-bond donors (Lipinski definition) is 4. The molecule has 0 aliphatic carbocycles. The van der Waals surface area contributed by atoms with Crippen LogP contribution in [0.25, 0.3) is 0 Å². The molecule has 0 saturated carbocycles. The summed E-state index contributed by atoms with van der Waals surface area (Å²) in [5, 5.41) is 17.3. The van der Waals surface area contributed by atoms with Crippen LogP contribution in [0.1, 0.15) is 11.1 Å². The molecule has 0 bridgehead atoms. The van der Waals surface area contributed by atoms with Gasteiger partial charge in [0.15, 0.2) is 0 Å². The van der Waals surface area contributed by atoms with Gasteiger partial charge in [-0.25, -0.2) is 0 Å². The summed E-state index contributed by atoms with van der Waals surface area (Å²) in [5.41, 5.74) is 12.4. The van der Waals surface area contributed by atoms with Gasteiger partial charge in [0.1, 0.15) is 12.1 Å². The molecule has 6 N–H and O–H groups in total. The second-order valence-corrected chi connectivity index (χ2v) is 4.11. The maximum Gasteiger partial charge on any atom is 0.320 e. The molecule has 0 unspecified atom stereocenters. The third-order valence-electron chi connectivity index (χ3n) is 2.57. The van der Waals surface area contributed by atoms with Gasteiger partial charge in [-0.05, 0) is 24.0 Å². The standard InChI is InChI=1S/C12H16N2O4/c13-9(11(15)16)5-7-1-2-8(4-3-7)6-10(14)12(17)18/h1-4,9-10H,5-6,13-14H2,(H,15,16)(H,17,18)/t9-,10-/m1/s1. The second-order valence-electron chi connectivity index (χ2n) is 4.11. The third-order valence-corrected chi connectivity index (χ3v) is 2.57. The van der Waals surface area contributed by atoms with Gasteiger partial charge < -0.3 is 21.7 Å². The fourth-order valence-electron chi connectivity index (χ4n) is 1.49. The van der Waals surface area contributed by atoms with Crippen LogP contribution in [-0.4, -0.2) is 34.2 Å². The summed E-state index contributed by atoms with van der Waals surface area (Å²) in [6.07, 6.45) is 0.473. The van der Waals surface area contributed by atoms with E-state index in [-0.39, 0.29) is 12.8 Å². The number of nitrogens with two attached hydrogens (primary N) is 2. The van der Waals surface area contributed by atoms with E-state index >= 15 is 0 Å². The van der Waals surface area contributed by atoms with Gasteiger partial charge >= 0.3 is 11.9 Å². The Morgan fingerprint density at radius 2 is 1.17 bits per heavy atom. The topological polar surface area (TPSA) is 127 Å². The van der Waals surface area contributed by atoms with Crippen molar-refractivity contribution in [3.05, 3.63) is 35.4 Å². The summed E-state index contributed by atoms with van der Waals surface area (Å²) in [7, 11) is 0. The van der Waals surface area contributed by atoms with Gasteiger partial charge in [0.25, 0.3) is 0 Å². The molecule has 98 valence electrons. The van der Waals surface area contributed by atoms with Crippen LogP contribution in [0, 0.1) is 0 Å². The van der Waals surface area contributed by atoms with E-state index in [0.717, 1.165) is 11.1 Å². The maximum atomic E-state index is 10.6. The van der Waals surface area contributed by atoms with Gasteiger partial charge in [0, 0.05) is 0 Å². The summed E-state index contributed by atoms with van der Waals surface area (Å²) < 4.78 is 0. The predicted molar refractivity (Wildman–Crippen MR) is 65.1 cm³/mol. The summed E-state index contributed by atoms with van der Waals surface area (Å²) in [6.45, 7) is 0. The van der Waals surface area contributed by atoms with Crippen LogP contribution in [0.15, 0.2) is 24.3 Å². The minimum Gasteiger partial charge on any atom is -0.480 e. The van der Waals surface area contributed by atoms with Gasteiger partial charge in [0.05, 0.1) is 0 Å². The number of carboxylic acid groups (broad SMARTS) is 2. The molecule has 1 aromatic rings. The Hall–Kier alpha value is -1.92. The van der Waals surface area contributed by atoms with Crippen LogP contribution in [0.2, 0.25) is 0 Å². The second kappa shape index (κ2) is 6.13. The minimum absolute atomic E-state index is 0.237. The molecule has 0 fully saturated rings. The predicted octanol–water partition coefficient (Wildman–Crippen LogP) is -0.405. The first-order valence-corrected chi connectivity index (χ1v) is 5.44. The lowest BCUT2D eigenvalue weighted by Gasteiger charge is -2.09. The molecule has 0 spiro atoms. The van der Waals surface area contributed by atoms with E-state index in [1.807, 2.05) is 0 Å². The monoisotopic (exact) mass is 252 g/mol. The largest absolute Gasteiger partial charge is 0.480 e. The van der Waals surface area contributed by atoms with Crippen molar-refractivity contribution in [3.63, 3.8) is 0 Å². The first-order chi connectivity index (χ1) is 8.40. The zero-order valence-corrected chi connectivity index (χ0v) is 9.74. The van der Waals surface area contributed by atoms with E-state index in [4.69, 9.17) is 21.7 Å². The summed E-state index contributed by atoms with van der Waals surface area (Å²) in [4.78, 5) is 21.2. The Balaban J connectivity index is 2.63. The van der Waals surface area contributed by atoms with E-state index in [1.165, 1.54) is 0 Å². The Kier molecular flexibility index (Phi) is 4.82. The van der Waals surface area contributed by atoms with Crippen LogP contribution in [0.3, 0.4) is 0 Å². The van der Waals surface area contributed by atoms with Crippen molar-refractivity contribution in [1.82, 2.24) is 0 Å². The zero-order valence-electron chi connectivity index (χ0n) is 9.74. The molecule has 1 aromatic carbocycles. The molecule has 0 amide bonds. The fraction of sp³-hybridized carbons (Fsp3) is 0.333. The lowest BCUT2D eigenvalue weighted by atomic mass is 10.0. The lowest BCUT2D eigenvalue weighted by Crippen LogP contribution is -2.32. The van der Waals surface area contributed by atoms with Crippen LogP contribution in [0.5, 0.6) is 0 Å². The van der Waals surface area contributed by atoms with E-state index in [2.05, 4.69) is 0 Å². The van der Waals surface area contributed by atoms with Crippen LogP contribution in [-0.2, 0) is 22.4 Å². The highest BCUT2D eigenvalue weighted by Gasteiger charge is 2.13. The average Bonchev–Trinajstić information content (AvgIpc) is 2.31. The maximum absolute atomic E-state index is 10.6. The summed E-state index contributed by atoms with van der Waals surface area (Å²) in [6, 6.07) is 5.05. The molecule has 6 nitrogen and oxygen atoms in total. The number of benzene rings is 1. The molecule has 1 rings (SSSR count). The molecule has 6 heteroatoms. The third kappa shape index (κ3) is 4.15. The molecular formula is C12H16N2O4. The lowest BCUT2D eigenvalue weighted by molar-refractivity contribution is -0.139. The number of aliphatic carboxylic acids is 2. The first-order valence-electron chi connectivity index (χ1n) is 5.44. The van der Waals surface area contributed by atoms with Gasteiger partial charge in [0.2, 0.25) is 0 Å². The van der Waals surface area contributed by atoms with E-state index in [1.54, 1.807) is 24.3 Å². The van der Waals surface area contributed by atoms with E-state index < -0.39 is 24.0 Å². The smallest absolute Gasteiger partial charge is 0.320 e. The highest BCUT2D eigenvalue weighted by Crippen LogP contribution is 2.08. The van der Waals surface area contributed by atoms with E-state index in [0.29, 0.717) is 0 Å². The molecule has 0 aliphatic rings. The highest BCUT2D eigenvalue weighted by atomic mass is 16.4. The average molecular weight is 252 g/mol. The SMILES string of the molecule is N[C@H](Cc1ccc(C[C@@H](N)C(=O)O)cc1)C(=O)O. The number of carbonyl (C=O) groups is 2. The van der Waals surface area contributed by atoms with Crippen LogP contribution >= 0.6 is 0 Å². The first kappa shape index (κ1) is 14.1. The molecule has 0 heterocycles. The highest BCUT2D eigenvalue weighted by molar-refractivity contribution is 5.74. The Bertz CT molecular complexity index is 389. The molecule has 18 heavy (non-hydrogen) atoms. The molecule has 0 saturated heterocycles. The van der Waals surface area contributed by atoms with Crippen molar-refractivity contribution < 1.29 is 19.8 Å². The number of hydrogen-bond acceptors (Lipinski definition) is 4. The normalized spacial score (nSPS) is 13.9. The number of carboxylic acids is 2. The number of rotatable bonds is 6. The van der Waals surface area contributed by atoms with Gasteiger partial charge in [-0.3, -0.25) is 9.59 Å². The Morgan fingerprint density at radius 1 is 0.889 bits per heavy atom. The zero-order chi connectivity index (χ0) is 13.7. The van der Waals surface area contributed by atoms with Gasteiger partial charge in [-0.2, -0.15) is 0 Å². The summed E-state index contributed by atoms with van der Waals surface area (Å²) in [5.74, 6) is -2.10. The van der Waals surface area contributed by atoms with Crippen molar-refractivity contribution >= 4 is 11.9 Å². The van der Waals surface area contributed by atoms with Crippen molar-refractivity contribution in [3.8, 4) is 0 Å². The van der Waals surface area contributed by atoms with Gasteiger partial charge in [-0.1, -0.05) is 24.3 Å². The molecule has 0 radical (unpaired) electrons. The van der Waals surface area contributed by atoms with Gasteiger partial charge in [-0.15, -0.1) is 0 Å². The summed E-state index contributed by atoms with van der Waals surface area (Å²) >= 11 is 0. The van der Waals surface area contributed by atoms with E-state index in [9.17, 15) is 9.59 Å². The van der Waals surface area contributed by atoms with Crippen molar-refractivity contribution in [2.75, 3.05) is 0 Å². The molecule has 0 aliphatic heterocycles. The molecule has 2 atom stereocenters. The van der Waals surface area contributed by atoms with Crippen LogP contribution < -0.4 is 11.5 Å². The Morgan fingerprint density at radius 3 is 1.39 bits per heavy atom. The quantitative estimate of drug-likeness (QED) is 0.545. The van der Waals surface area contributed by atoms with Crippen molar-refractivity contribution in [1.29, 1.82) is 0 Å². The molecule has 0 aromatic heterocycles. The fourth-order valence-corrected chi connectivity index (χ4v) is 1.49. The minimum atomic E-state index is -1.05. The Labute approximate surface area is 104 Å². The van der Waals surface area contributed by atoms with Crippen molar-refractivity contribution in [2.45, 2.75) is 24.9 Å². The van der Waals surface area contributed by atoms with Crippen molar-refractivity contribution in [2.24, 2.45) is 11.5 Å². The van der Waals surface area contributed by atoms with Crippen LogP contribution in [0.4, 0.5) is 0 Å².